The van der Waals surface area contributed by atoms with E-state index in [0.717, 1.165) is 5.69 Å². The Morgan fingerprint density at radius 3 is 2.94 bits per heavy atom. The summed E-state index contributed by atoms with van der Waals surface area (Å²) in [7, 11) is 1.74. The van der Waals surface area contributed by atoms with Crippen LogP contribution in [0.25, 0.3) is 5.69 Å². The number of aromatic nitrogens is 4. The highest BCUT2D eigenvalue weighted by Gasteiger charge is 2.10. The van der Waals surface area contributed by atoms with E-state index in [1.54, 1.807) is 20.0 Å². The average molecular weight is 246 g/mol. The largest absolute Gasteiger partial charge is 0.325 e. The van der Waals surface area contributed by atoms with Crippen LogP contribution in [0.4, 0.5) is 5.69 Å². The van der Waals surface area contributed by atoms with Gasteiger partial charge in [-0.3, -0.25) is 4.79 Å². The number of carbonyl (C=O) groups excluding carboxylic acids is 1. The topological polar surface area (TPSA) is 84.7 Å². The molecule has 2 N–H and O–H groups in total. The van der Waals surface area contributed by atoms with Crippen LogP contribution in [0.1, 0.15) is 6.92 Å². The van der Waals surface area contributed by atoms with Crippen molar-refractivity contribution in [1.29, 1.82) is 0 Å². The molecule has 94 valence electrons. The molecule has 1 aromatic heterocycles. The van der Waals surface area contributed by atoms with E-state index in [-0.39, 0.29) is 11.9 Å². The summed E-state index contributed by atoms with van der Waals surface area (Å²) in [5.74, 6) is -0.0913. The number of nitrogens with one attached hydrogen (secondary N) is 2. The first-order chi connectivity index (χ1) is 8.70. The number of carbonyl (C=O) groups is 1. The number of tetrazole rings is 1. The molecule has 0 aliphatic carbocycles. The number of anilines is 1. The van der Waals surface area contributed by atoms with Crippen LogP contribution in [-0.4, -0.2) is 39.2 Å². The predicted octanol–water partition coefficient (Wildman–Crippen LogP) is 0.209. The van der Waals surface area contributed by atoms with Gasteiger partial charge in [0.1, 0.15) is 6.33 Å². The third kappa shape index (κ3) is 2.69. The first kappa shape index (κ1) is 12.2. The molecule has 0 aliphatic rings. The quantitative estimate of drug-likeness (QED) is 0.805. The molecule has 0 radical (unpaired) electrons. The molecule has 1 unspecified atom stereocenters. The molecule has 2 rings (SSSR count). The highest BCUT2D eigenvalue weighted by molar-refractivity contribution is 5.94. The van der Waals surface area contributed by atoms with Crippen molar-refractivity contribution in [3.63, 3.8) is 0 Å². The average Bonchev–Trinajstić information content (AvgIpc) is 2.92. The second-order valence-electron chi connectivity index (χ2n) is 3.80. The van der Waals surface area contributed by atoms with Crippen molar-refractivity contribution in [2.45, 2.75) is 13.0 Å². The summed E-state index contributed by atoms with van der Waals surface area (Å²) < 4.78 is 1.52. The third-order valence-electron chi connectivity index (χ3n) is 2.55. The highest BCUT2D eigenvalue weighted by Crippen LogP contribution is 2.13. The van der Waals surface area contributed by atoms with Gasteiger partial charge in [-0.2, -0.15) is 0 Å². The fourth-order valence-corrected chi connectivity index (χ4v) is 1.39. The van der Waals surface area contributed by atoms with E-state index in [9.17, 15) is 4.79 Å². The van der Waals surface area contributed by atoms with Crippen LogP contribution in [0.3, 0.4) is 0 Å². The molecule has 0 aliphatic heterocycles. The summed E-state index contributed by atoms with van der Waals surface area (Å²) in [6, 6.07) is 7.05. The zero-order valence-corrected chi connectivity index (χ0v) is 10.2. The van der Waals surface area contributed by atoms with E-state index >= 15 is 0 Å². The molecule has 1 amide bonds. The summed E-state index contributed by atoms with van der Waals surface area (Å²) in [5, 5.41) is 16.6. The summed E-state index contributed by atoms with van der Waals surface area (Å²) >= 11 is 0. The van der Waals surface area contributed by atoms with E-state index in [1.165, 1.54) is 11.0 Å². The highest BCUT2D eigenvalue weighted by atomic mass is 16.2. The second-order valence-corrected chi connectivity index (χ2v) is 3.80. The van der Waals surface area contributed by atoms with Crippen LogP contribution in [0.15, 0.2) is 30.6 Å². The number of likely N-dealkylation sites (N-methyl/N-ethyl adjacent to an activating group) is 1. The molecule has 7 heteroatoms. The van der Waals surface area contributed by atoms with E-state index in [2.05, 4.69) is 26.2 Å². The normalized spacial score (nSPS) is 12.1. The van der Waals surface area contributed by atoms with Gasteiger partial charge in [0.2, 0.25) is 5.91 Å². The number of hydrogen-bond donors (Lipinski definition) is 2. The number of amides is 1. The zero-order valence-electron chi connectivity index (χ0n) is 10.2. The Hall–Kier alpha value is -2.28. The fraction of sp³-hybridized carbons (Fsp3) is 0.273. The molecular weight excluding hydrogens is 232 g/mol. The Morgan fingerprint density at radius 1 is 1.44 bits per heavy atom. The molecular formula is C11H14N6O. The Balaban J connectivity index is 2.16. The Bertz CT molecular complexity index is 524. The van der Waals surface area contributed by atoms with E-state index in [0.29, 0.717) is 5.69 Å². The number of rotatable bonds is 4. The molecule has 1 aromatic carbocycles. The fourth-order valence-electron chi connectivity index (χ4n) is 1.39. The molecule has 0 bridgehead atoms. The summed E-state index contributed by atoms with van der Waals surface area (Å²) in [4.78, 5) is 11.7. The van der Waals surface area contributed by atoms with Gasteiger partial charge in [0.25, 0.3) is 0 Å². The Kier molecular flexibility index (Phi) is 3.63. The molecule has 2 aromatic rings. The monoisotopic (exact) mass is 246 g/mol. The van der Waals surface area contributed by atoms with Crippen molar-refractivity contribution < 1.29 is 4.79 Å². The lowest BCUT2D eigenvalue weighted by Gasteiger charge is -2.11. The molecule has 0 fully saturated rings. The molecule has 1 atom stereocenters. The molecule has 0 saturated heterocycles. The number of hydrogen-bond acceptors (Lipinski definition) is 5. The molecule has 7 nitrogen and oxygen atoms in total. The van der Waals surface area contributed by atoms with Crippen LogP contribution in [-0.2, 0) is 4.79 Å². The minimum atomic E-state index is -0.248. The third-order valence-corrected chi connectivity index (χ3v) is 2.55. The lowest BCUT2D eigenvalue weighted by Crippen LogP contribution is -2.35. The predicted molar refractivity (Wildman–Crippen MR) is 66.3 cm³/mol. The second kappa shape index (κ2) is 5.37. The molecule has 1 heterocycles. The lowest BCUT2D eigenvalue weighted by atomic mass is 10.2. The zero-order chi connectivity index (χ0) is 13.0. The van der Waals surface area contributed by atoms with E-state index < -0.39 is 0 Å². The molecule has 0 spiro atoms. The van der Waals surface area contributed by atoms with Crippen molar-refractivity contribution in [3.8, 4) is 5.69 Å². The lowest BCUT2D eigenvalue weighted by molar-refractivity contribution is -0.117. The van der Waals surface area contributed by atoms with Crippen molar-refractivity contribution in [2.24, 2.45) is 0 Å². The minimum absolute atomic E-state index is 0.0913. The Labute approximate surface area is 104 Å². The van der Waals surface area contributed by atoms with Crippen molar-refractivity contribution in [1.82, 2.24) is 25.5 Å². The van der Waals surface area contributed by atoms with Crippen molar-refractivity contribution in [3.05, 3.63) is 30.6 Å². The summed E-state index contributed by atoms with van der Waals surface area (Å²) in [6.45, 7) is 1.79. The SMILES string of the molecule is CNC(C)C(=O)Nc1cccc(-n2cnnn2)c1. The standard InChI is InChI=1S/C11H14N6O/c1-8(12-2)11(18)14-9-4-3-5-10(6-9)17-7-13-15-16-17/h3-8,12H,1-2H3,(H,14,18). The first-order valence-corrected chi connectivity index (χ1v) is 5.52. The van der Waals surface area contributed by atoms with Gasteiger partial charge < -0.3 is 10.6 Å². The maximum absolute atomic E-state index is 11.7. The van der Waals surface area contributed by atoms with Crippen molar-refractivity contribution >= 4 is 11.6 Å². The van der Waals surface area contributed by atoms with Gasteiger partial charge in [0.05, 0.1) is 11.7 Å². The van der Waals surface area contributed by atoms with Crippen LogP contribution >= 0.6 is 0 Å². The maximum Gasteiger partial charge on any atom is 0.241 e. The smallest absolute Gasteiger partial charge is 0.241 e. The van der Waals surface area contributed by atoms with Gasteiger partial charge in [-0.25, -0.2) is 4.68 Å². The van der Waals surface area contributed by atoms with Gasteiger partial charge in [-0.15, -0.1) is 5.10 Å². The van der Waals surface area contributed by atoms with Crippen LogP contribution in [0.5, 0.6) is 0 Å². The van der Waals surface area contributed by atoms with Crippen LogP contribution in [0.2, 0.25) is 0 Å². The van der Waals surface area contributed by atoms with Gasteiger partial charge in [-0.1, -0.05) is 6.07 Å². The number of benzene rings is 1. The first-order valence-electron chi connectivity index (χ1n) is 5.52. The van der Waals surface area contributed by atoms with Gasteiger partial charge in [0.15, 0.2) is 0 Å². The van der Waals surface area contributed by atoms with Crippen molar-refractivity contribution in [2.75, 3.05) is 12.4 Å². The summed E-state index contributed by atoms with van der Waals surface area (Å²) in [6.07, 6.45) is 1.50. The van der Waals surface area contributed by atoms with Gasteiger partial charge >= 0.3 is 0 Å². The maximum atomic E-state index is 11.7. The van der Waals surface area contributed by atoms with Gasteiger partial charge in [-0.05, 0) is 42.6 Å². The molecule has 18 heavy (non-hydrogen) atoms. The Morgan fingerprint density at radius 2 is 2.28 bits per heavy atom. The molecule has 0 saturated carbocycles. The van der Waals surface area contributed by atoms with Crippen LogP contribution < -0.4 is 10.6 Å². The van der Waals surface area contributed by atoms with E-state index in [1.807, 2.05) is 18.2 Å². The number of nitrogens with zero attached hydrogens (tertiary/aromatic N) is 4. The minimum Gasteiger partial charge on any atom is -0.325 e. The van der Waals surface area contributed by atoms with Crippen LogP contribution in [0, 0.1) is 0 Å². The van der Waals surface area contributed by atoms with Gasteiger partial charge in [0, 0.05) is 5.69 Å². The summed E-state index contributed by atoms with van der Waals surface area (Å²) in [5.41, 5.74) is 1.49. The van der Waals surface area contributed by atoms with E-state index in [4.69, 9.17) is 0 Å².